The maximum atomic E-state index is 5.71. The third-order valence-corrected chi connectivity index (χ3v) is 3.02. The molecular formula is C11H18N6. The highest BCUT2D eigenvalue weighted by molar-refractivity contribution is 5.24. The van der Waals surface area contributed by atoms with Crippen LogP contribution in [-0.2, 0) is 19.6 Å². The highest BCUT2D eigenvalue weighted by atomic mass is 15.4. The monoisotopic (exact) mass is 234 g/mol. The van der Waals surface area contributed by atoms with E-state index in [-0.39, 0.29) is 0 Å². The molecule has 0 radical (unpaired) electrons. The van der Waals surface area contributed by atoms with E-state index in [2.05, 4.69) is 15.2 Å². The van der Waals surface area contributed by atoms with Gasteiger partial charge in [-0.25, -0.2) is 9.67 Å². The first-order valence-corrected chi connectivity index (χ1v) is 5.77. The smallest absolute Gasteiger partial charge is 0.148 e. The van der Waals surface area contributed by atoms with E-state index in [1.165, 1.54) is 0 Å². The topological polar surface area (TPSA) is 74.5 Å². The summed E-state index contributed by atoms with van der Waals surface area (Å²) in [5, 5.41) is 8.64. The quantitative estimate of drug-likeness (QED) is 0.841. The van der Waals surface area contributed by atoms with Crippen LogP contribution in [0.1, 0.15) is 29.7 Å². The summed E-state index contributed by atoms with van der Waals surface area (Å²) in [7, 11) is 0. The lowest BCUT2D eigenvalue weighted by molar-refractivity contribution is 0.559. The van der Waals surface area contributed by atoms with Crippen LogP contribution in [0.4, 0.5) is 0 Å². The van der Waals surface area contributed by atoms with Gasteiger partial charge < -0.3 is 5.73 Å². The zero-order valence-electron chi connectivity index (χ0n) is 10.5. The number of nitrogens with zero attached hydrogens (tertiary/aromatic N) is 5. The fourth-order valence-corrected chi connectivity index (χ4v) is 1.99. The van der Waals surface area contributed by atoms with Gasteiger partial charge in [-0.05, 0) is 20.8 Å². The number of rotatable bonds is 4. The molecule has 2 heterocycles. The summed E-state index contributed by atoms with van der Waals surface area (Å²) in [4.78, 5) is 4.25. The Labute approximate surface area is 100 Å². The van der Waals surface area contributed by atoms with Crippen LogP contribution >= 0.6 is 0 Å². The molecule has 0 saturated heterocycles. The van der Waals surface area contributed by atoms with E-state index in [0.717, 1.165) is 29.3 Å². The summed E-state index contributed by atoms with van der Waals surface area (Å²) in [6.45, 7) is 8.05. The molecule has 2 rings (SSSR count). The highest BCUT2D eigenvalue weighted by Crippen LogP contribution is 2.13. The Hall–Kier alpha value is -1.69. The lowest BCUT2D eigenvalue weighted by Crippen LogP contribution is -2.11. The Balaban J connectivity index is 2.30. The van der Waals surface area contributed by atoms with Gasteiger partial charge in [-0.3, -0.25) is 4.68 Å². The molecule has 0 atom stereocenters. The molecule has 2 aromatic rings. The third-order valence-electron chi connectivity index (χ3n) is 3.02. The molecule has 2 aromatic heterocycles. The minimum absolute atomic E-state index is 0.526. The van der Waals surface area contributed by atoms with Gasteiger partial charge in [-0.15, -0.1) is 0 Å². The zero-order valence-corrected chi connectivity index (χ0v) is 10.5. The van der Waals surface area contributed by atoms with Crippen LogP contribution in [0.5, 0.6) is 0 Å². The third kappa shape index (κ3) is 2.08. The summed E-state index contributed by atoms with van der Waals surface area (Å²) in [6.07, 6.45) is 1.58. The van der Waals surface area contributed by atoms with Gasteiger partial charge in [0.15, 0.2) is 0 Å². The molecule has 6 heteroatoms. The Morgan fingerprint density at radius 2 is 2.06 bits per heavy atom. The minimum Gasteiger partial charge on any atom is -0.326 e. The van der Waals surface area contributed by atoms with Crippen molar-refractivity contribution in [1.29, 1.82) is 0 Å². The van der Waals surface area contributed by atoms with Gasteiger partial charge in [0.1, 0.15) is 18.7 Å². The average molecular weight is 234 g/mol. The highest BCUT2D eigenvalue weighted by Gasteiger charge is 2.12. The Morgan fingerprint density at radius 1 is 1.29 bits per heavy atom. The lowest BCUT2D eigenvalue weighted by Gasteiger charge is -2.05. The van der Waals surface area contributed by atoms with Crippen molar-refractivity contribution in [3.05, 3.63) is 29.1 Å². The summed E-state index contributed by atoms with van der Waals surface area (Å²) in [5.41, 5.74) is 8.93. The molecule has 0 aromatic carbocycles. The normalized spacial score (nSPS) is 11.1. The Kier molecular flexibility index (Phi) is 3.23. The van der Waals surface area contributed by atoms with Crippen LogP contribution < -0.4 is 5.73 Å². The van der Waals surface area contributed by atoms with E-state index in [9.17, 15) is 0 Å². The molecule has 0 bridgehead atoms. The van der Waals surface area contributed by atoms with Crippen LogP contribution in [0.25, 0.3) is 0 Å². The van der Waals surface area contributed by atoms with Gasteiger partial charge in [-0.2, -0.15) is 10.2 Å². The summed E-state index contributed by atoms with van der Waals surface area (Å²) in [6, 6.07) is 0. The van der Waals surface area contributed by atoms with Crippen molar-refractivity contribution in [3.8, 4) is 0 Å². The molecule has 0 aliphatic heterocycles. The summed E-state index contributed by atoms with van der Waals surface area (Å²) < 4.78 is 3.81. The van der Waals surface area contributed by atoms with Gasteiger partial charge in [0.25, 0.3) is 0 Å². The molecule has 0 saturated carbocycles. The largest absolute Gasteiger partial charge is 0.326 e. The molecular weight excluding hydrogens is 216 g/mol. The lowest BCUT2D eigenvalue weighted by atomic mass is 10.2. The molecule has 92 valence electrons. The van der Waals surface area contributed by atoms with E-state index < -0.39 is 0 Å². The molecule has 2 N–H and O–H groups in total. The fraction of sp³-hybridized carbons (Fsp3) is 0.545. The van der Waals surface area contributed by atoms with Crippen molar-refractivity contribution in [2.75, 3.05) is 0 Å². The van der Waals surface area contributed by atoms with Crippen LogP contribution in [0.15, 0.2) is 6.33 Å². The molecule has 17 heavy (non-hydrogen) atoms. The van der Waals surface area contributed by atoms with E-state index in [1.807, 2.05) is 30.1 Å². The van der Waals surface area contributed by atoms with Gasteiger partial charge in [-0.1, -0.05) is 0 Å². The predicted molar refractivity (Wildman–Crippen MR) is 64.4 cm³/mol. The number of hydrogen-bond donors (Lipinski definition) is 1. The van der Waals surface area contributed by atoms with Crippen LogP contribution in [0.3, 0.4) is 0 Å². The first kappa shape index (κ1) is 11.8. The van der Waals surface area contributed by atoms with Gasteiger partial charge in [0.05, 0.1) is 5.69 Å². The second-order valence-corrected chi connectivity index (χ2v) is 4.00. The molecule has 6 nitrogen and oxygen atoms in total. The van der Waals surface area contributed by atoms with E-state index in [0.29, 0.717) is 13.1 Å². The maximum Gasteiger partial charge on any atom is 0.148 e. The summed E-state index contributed by atoms with van der Waals surface area (Å²) >= 11 is 0. The standard InChI is InChI=1S/C11H18N6/c1-4-16-11(13-7-14-16)6-17-9(3)10(5-12)8(2)15-17/h7H,4-6,12H2,1-3H3. The average Bonchev–Trinajstić information content (AvgIpc) is 2.85. The molecule has 0 fully saturated rings. The Morgan fingerprint density at radius 3 is 2.65 bits per heavy atom. The van der Waals surface area contributed by atoms with Crippen molar-refractivity contribution in [2.45, 2.75) is 40.4 Å². The van der Waals surface area contributed by atoms with E-state index in [4.69, 9.17) is 5.73 Å². The predicted octanol–water partition coefficient (Wildman–Crippen LogP) is 0.618. The van der Waals surface area contributed by atoms with Gasteiger partial charge >= 0.3 is 0 Å². The molecule has 0 spiro atoms. The van der Waals surface area contributed by atoms with Crippen LogP contribution in [-0.4, -0.2) is 24.5 Å². The molecule has 0 aliphatic carbocycles. The van der Waals surface area contributed by atoms with Crippen molar-refractivity contribution >= 4 is 0 Å². The van der Waals surface area contributed by atoms with Crippen LogP contribution in [0.2, 0.25) is 0 Å². The van der Waals surface area contributed by atoms with Gasteiger partial charge in [0, 0.05) is 24.3 Å². The Bertz CT molecular complexity index is 510. The van der Waals surface area contributed by atoms with Crippen molar-refractivity contribution in [1.82, 2.24) is 24.5 Å². The first-order valence-electron chi connectivity index (χ1n) is 5.77. The number of hydrogen-bond acceptors (Lipinski definition) is 4. The number of aromatic nitrogens is 5. The molecule has 0 amide bonds. The second kappa shape index (κ2) is 4.67. The molecule has 0 unspecified atom stereocenters. The first-order chi connectivity index (χ1) is 8.17. The number of aryl methyl sites for hydroxylation is 2. The van der Waals surface area contributed by atoms with Crippen LogP contribution in [0, 0.1) is 13.8 Å². The minimum atomic E-state index is 0.526. The zero-order chi connectivity index (χ0) is 12.4. The maximum absolute atomic E-state index is 5.71. The van der Waals surface area contributed by atoms with Gasteiger partial charge in [0.2, 0.25) is 0 Å². The van der Waals surface area contributed by atoms with E-state index >= 15 is 0 Å². The second-order valence-electron chi connectivity index (χ2n) is 4.00. The van der Waals surface area contributed by atoms with Crippen molar-refractivity contribution in [3.63, 3.8) is 0 Å². The van der Waals surface area contributed by atoms with Crippen molar-refractivity contribution < 1.29 is 0 Å². The SMILES string of the molecule is CCn1ncnc1Cn1nc(C)c(CN)c1C. The fourth-order valence-electron chi connectivity index (χ4n) is 1.99. The van der Waals surface area contributed by atoms with Crippen molar-refractivity contribution in [2.24, 2.45) is 5.73 Å². The number of nitrogens with two attached hydrogens (primary N) is 1. The molecule has 0 aliphatic rings. The summed E-state index contributed by atoms with van der Waals surface area (Å²) in [5.74, 6) is 0.918. The van der Waals surface area contributed by atoms with E-state index in [1.54, 1.807) is 6.33 Å².